The first kappa shape index (κ1) is 18.8. The largest absolute Gasteiger partial charge is 0.368 e. The predicted octanol–water partition coefficient (Wildman–Crippen LogP) is 4.03. The molecule has 1 aromatic heterocycles. The summed E-state index contributed by atoms with van der Waals surface area (Å²) in [6.07, 6.45) is 10.3. The van der Waals surface area contributed by atoms with Crippen molar-refractivity contribution < 1.29 is 0 Å². The summed E-state index contributed by atoms with van der Waals surface area (Å²) < 4.78 is 0. The van der Waals surface area contributed by atoms with Crippen LogP contribution in [0.5, 0.6) is 0 Å². The molecule has 1 fully saturated rings. The van der Waals surface area contributed by atoms with E-state index in [1.807, 2.05) is 13.1 Å². The normalized spacial score (nSPS) is 21.0. The summed E-state index contributed by atoms with van der Waals surface area (Å²) in [5.41, 5.74) is 5.99. The number of aromatic nitrogens is 1. The molecule has 1 unspecified atom stereocenters. The lowest BCUT2D eigenvalue weighted by atomic mass is 9.84. The highest BCUT2D eigenvalue weighted by atomic mass is 15.4. The van der Waals surface area contributed by atoms with E-state index in [2.05, 4.69) is 75.5 Å². The topological polar surface area (TPSA) is 44.1 Å². The van der Waals surface area contributed by atoms with Crippen LogP contribution in [0.3, 0.4) is 0 Å². The number of nitrogens with zero attached hydrogens (tertiary/aromatic N) is 5. The zero-order chi connectivity index (χ0) is 20.3. The van der Waals surface area contributed by atoms with Gasteiger partial charge in [0.05, 0.1) is 5.71 Å². The van der Waals surface area contributed by atoms with Crippen LogP contribution in [0.1, 0.15) is 17.7 Å². The van der Waals surface area contributed by atoms with Crippen LogP contribution in [0.4, 0.5) is 5.69 Å². The Morgan fingerprint density at radius 2 is 1.77 bits per heavy atom. The molecule has 30 heavy (non-hydrogen) atoms. The van der Waals surface area contributed by atoms with E-state index in [0.29, 0.717) is 5.92 Å². The molecule has 5 heteroatoms. The number of aryl methyl sites for hydroxylation is 1. The summed E-state index contributed by atoms with van der Waals surface area (Å²) >= 11 is 0. The average molecular weight is 398 g/mol. The number of anilines is 1. The lowest BCUT2D eigenvalue weighted by molar-refractivity contribution is 0.368. The SMILES string of the molecule is Cc1cc(CC2=NN=C(N3CCN(c4ccccc4)CC3)C3CC=CC=C23)ccn1. The van der Waals surface area contributed by atoms with Crippen LogP contribution in [-0.2, 0) is 6.42 Å². The number of piperazine rings is 1. The van der Waals surface area contributed by atoms with E-state index in [9.17, 15) is 0 Å². The third-order valence-corrected chi connectivity index (χ3v) is 6.13. The number of hydrogen-bond acceptors (Lipinski definition) is 5. The van der Waals surface area contributed by atoms with Crippen LogP contribution in [0, 0.1) is 12.8 Å². The van der Waals surface area contributed by atoms with Gasteiger partial charge in [0.15, 0.2) is 0 Å². The Balaban J connectivity index is 1.34. The molecule has 152 valence electrons. The van der Waals surface area contributed by atoms with Crippen LogP contribution in [-0.4, -0.2) is 47.6 Å². The van der Waals surface area contributed by atoms with Crippen molar-refractivity contribution in [1.29, 1.82) is 0 Å². The maximum Gasteiger partial charge on any atom is 0.135 e. The predicted molar refractivity (Wildman–Crippen MR) is 123 cm³/mol. The van der Waals surface area contributed by atoms with E-state index >= 15 is 0 Å². The molecule has 0 spiro atoms. The molecule has 2 aromatic rings. The number of benzene rings is 1. The second-order valence-electron chi connectivity index (χ2n) is 8.14. The number of allylic oxidation sites excluding steroid dienone is 3. The molecule has 0 saturated carbocycles. The van der Waals surface area contributed by atoms with Gasteiger partial charge in [0.25, 0.3) is 0 Å². The molecule has 2 aliphatic heterocycles. The highest BCUT2D eigenvalue weighted by molar-refractivity contribution is 6.09. The number of fused-ring (bicyclic) bond motifs is 1. The zero-order valence-corrected chi connectivity index (χ0v) is 17.4. The van der Waals surface area contributed by atoms with Crippen LogP contribution in [0.25, 0.3) is 0 Å². The van der Waals surface area contributed by atoms with E-state index in [0.717, 1.165) is 56.3 Å². The average Bonchev–Trinajstić information content (AvgIpc) is 2.80. The Morgan fingerprint density at radius 1 is 0.967 bits per heavy atom. The van der Waals surface area contributed by atoms with Crippen molar-refractivity contribution in [1.82, 2.24) is 9.88 Å². The fourth-order valence-corrected chi connectivity index (χ4v) is 4.57. The van der Waals surface area contributed by atoms with E-state index in [1.54, 1.807) is 0 Å². The van der Waals surface area contributed by atoms with E-state index in [1.165, 1.54) is 16.8 Å². The molecule has 1 atom stereocenters. The molecule has 3 heterocycles. The van der Waals surface area contributed by atoms with Crippen LogP contribution >= 0.6 is 0 Å². The molecular formula is C25H27N5. The number of para-hydroxylation sites is 1. The molecule has 1 aliphatic carbocycles. The van der Waals surface area contributed by atoms with Crippen LogP contribution in [0.2, 0.25) is 0 Å². The molecule has 0 bridgehead atoms. The van der Waals surface area contributed by atoms with Crippen molar-refractivity contribution in [2.24, 2.45) is 16.1 Å². The molecule has 0 amide bonds. The minimum atomic E-state index is 0.314. The third kappa shape index (κ3) is 3.80. The van der Waals surface area contributed by atoms with Crippen LogP contribution in [0.15, 0.2) is 82.7 Å². The highest BCUT2D eigenvalue weighted by Crippen LogP contribution is 2.30. The fourth-order valence-electron chi connectivity index (χ4n) is 4.57. The minimum absolute atomic E-state index is 0.314. The Labute approximate surface area is 178 Å². The molecule has 5 rings (SSSR count). The van der Waals surface area contributed by atoms with E-state index < -0.39 is 0 Å². The van der Waals surface area contributed by atoms with Gasteiger partial charge in [0.1, 0.15) is 5.84 Å². The number of amidine groups is 1. The van der Waals surface area contributed by atoms with Crippen molar-refractivity contribution in [3.63, 3.8) is 0 Å². The first-order chi connectivity index (χ1) is 14.8. The standard InChI is InChI=1S/C25H27N5/c1-19-17-20(11-12-26-19)18-24-22-9-5-6-10-23(22)25(28-27-24)30-15-13-29(14-16-30)21-7-3-2-4-8-21/h2-9,11-12,17,23H,10,13-16,18H2,1H3. The Morgan fingerprint density at radius 3 is 2.57 bits per heavy atom. The number of rotatable bonds is 3. The first-order valence-corrected chi connectivity index (χ1v) is 10.8. The summed E-state index contributed by atoms with van der Waals surface area (Å²) in [5, 5.41) is 9.46. The van der Waals surface area contributed by atoms with E-state index in [4.69, 9.17) is 10.2 Å². The summed E-state index contributed by atoms with van der Waals surface area (Å²) in [6, 6.07) is 14.9. The minimum Gasteiger partial charge on any atom is -0.368 e. The van der Waals surface area contributed by atoms with Gasteiger partial charge in [0.2, 0.25) is 0 Å². The quantitative estimate of drug-likeness (QED) is 0.786. The molecule has 0 radical (unpaired) electrons. The van der Waals surface area contributed by atoms with Crippen molar-refractivity contribution >= 4 is 17.2 Å². The van der Waals surface area contributed by atoms with Crippen LogP contribution < -0.4 is 4.90 Å². The van der Waals surface area contributed by atoms with Crippen molar-refractivity contribution in [2.45, 2.75) is 19.8 Å². The maximum atomic E-state index is 4.76. The fraction of sp³-hybridized carbons (Fsp3) is 0.320. The lowest BCUT2D eigenvalue weighted by Crippen LogP contribution is -2.51. The Bertz CT molecular complexity index is 1030. The summed E-state index contributed by atoms with van der Waals surface area (Å²) in [7, 11) is 0. The molecule has 0 N–H and O–H groups in total. The smallest absolute Gasteiger partial charge is 0.135 e. The lowest BCUT2D eigenvalue weighted by Gasteiger charge is -2.40. The highest BCUT2D eigenvalue weighted by Gasteiger charge is 2.33. The second kappa shape index (κ2) is 8.27. The van der Waals surface area contributed by atoms with Gasteiger partial charge < -0.3 is 9.80 Å². The molecule has 3 aliphatic rings. The Kier molecular flexibility index (Phi) is 5.18. The molecular weight excluding hydrogens is 370 g/mol. The van der Waals surface area contributed by atoms with Gasteiger partial charge in [-0.2, -0.15) is 5.10 Å². The number of pyridine rings is 1. The Hall–Kier alpha value is -3.21. The van der Waals surface area contributed by atoms with E-state index in [-0.39, 0.29) is 0 Å². The van der Waals surface area contributed by atoms with Crippen molar-refractivity contribution in [3.8, 4) is 0 Å². The second-order valence-corrected chi connectivity index (χ2v) is 8.14. The van der Waals surface area contributed by atoms with Gasteiger partial charge >= 0.3 is 0 Å². The molecule has 5 nitrogen and oxygen atoms in total. The van der Waals surface area contributed by atoms with Gasteiger partial charge in [-0.05, 0) is 48.7 Å². The monoisotopic (exact) mass is 397 g/mol. The van der Waals surface area contributed by atoms with Crippen molar-refractivity contribution in [3.05, 3.63) is 83.7 Å². The maximum absolute atomic E-state index is 4.76. The van der Waals surface area contributed by atoms with Gasteiger partial charge in [0, 0.05) is 56.1 Å². The summed E-state index contributed by atoms with van der Waals surface area (Å²) in [6.45, 7) is 6.02. The molecule has 1 saturated heterocycles. The van der Waals surface area contributed by atoms with Gasteiger partial charge in [-0.1, -0.05) is 36.4 Å². The van der Waals surface area contributed by atoms with Gasteiger partial charge in [-0.3, -0.25) is 4.98 Å². The summed E-state index contributed by atoms with van der Waals surface area (Å²) in [4.78, 5) is 9.21. The van der Waals surface area contributed by atoms with Gasteiger partial charge in [-0.15, -0.1) is 5.10 Å². The number of hydrogen-bond donors (Lipinski definition) is 0. The van der Waals surface area contributed by atoms with Gasteiger partial charge in [-0.25, -0.2) is 0 Å². The third-order valence-electron chi connectivity index (χ3n) is 6.13. The van der Waals surface area contributed by atoms with Crippen molar-refractivity contribution in [2.75, 3.05) is 31.1 Å². The first-order valence-electron chi connectivity index (χ1n) is 10.8. The zero-order valence-electron chi connectivity index (χ0n) is 17.4. The summed E-state index contributed by atoms with van der Waals surface area (Å²) in [5.74, 6) is 1.45. The molecule has 1 aromatic carbocycles.